The number of nitrogens with zero attached hydrogens (tertiary/aromatic N) is 4. The number of nitrogens with one attached hydrogen (secondary N) is 1. The Labute approximate surface area is 248 Å². The van der Waals surface area contributed by atoms with E-state index in [1.807, 2.05) is 41.0 Å². The van der Waals surface area contributed by atoms with Gasteiger partial charge in [0.2, 0.25) is 0 Å². The second-order valence-electron chi connectivity index (χ2n) is 11.0. The number of aliphatic imine (C=N–C) groups is 1. The molecule has 3 N–H and O–H groups in total. The van der Waals surface area contributed by atoms with Gasteiger partial charge in [-0.05, 0) is 93.6 Å². The topological polar surface area (TPSA) is 80.2 Å². The molecule has 8 heteroatoms. The van der Waals surface area contributed by atoms with Crippen molar-refractivity contribution >= 4 is 34.3 Å². The molecule has 0 aliphatic heterocycles. The average molecular weight is 573 g/mol. The Hall–Kier alpha value is -3.55. The summed E-state index contributed by atoms with van der Waals surface area (Å²) in [7, 11) is 1.69. The monoisotopic (exact) mass is 572 g/mol. The van der Waals surface area contributed by atoms with E-state index in [-0.39, 0.29) is 0 Å². The van der Waals surface area contributed by atoms with Crippen molar-refractivity contribution in [2.45, 2.75) is 65.0 Å². The van der Waals surface area contributed by atoms with Crippen LogP contribution >= 0.6 is 11.6 Å². The van der Waals surface area contributed by atoms with Crippen LogP contribution in [0.4, 0.5) is 11.4 Å². The molecule has 0 amide bonds. The molecular formula is C33H41ClN6O. The van der Waals surface area contributed by atoms with Gasteiger partial charge in [-0.2, -0.15) is 5.10 Å². The van der Waals surface area contributed by atoms with Crippen molar-refractivity contribution in [2.24, 2.45) is 10.7 Å². The van der Waals surface area contributed by atoms with Crippen LogP contribution in [0, 0.1) is 6.92 Å². The number of hydrogen-bond donors (Lipinski definition) is 2. The van der Waals surface area contributed by atoms with Gasteiger partial charge in [-0.1, -0.05) is 43.6 Å². The zero-order valence-corrected chi connectivity index (χ0v) is 25.3. The fraction of sp³-hybridized carbons (Fsp3) is 0.394. The molecule has 0 saturated heterocycles. The number of nitrogens with two attached hydrogens (primary N) is 1. The van der Waals surface area contributed by atoms with Crippen LogP contribution in [0.5, 0.6) is 5.75 Å². The van der Waals surface area contributed by atoms with Crippen molar-refractivity contribution in [1.29, 1.82) is 0 Å². The van der Waals surface area contributed by atoms with Crippen LogP contribution < -0.4 is 15.8 Å². The molecule has 0 spiro atoms. The smallest absolute Gasteiger partial charge is 0.135 e. The van der Waals surface area contributed by atoms with E-state index in [1.165, 1.54) is 19.3 Å². The molecule has 0 radical (unpaired) electrons. The maximum absolute atomic E-state index is 6.67. The molecule has 1 saturated carbocycles. The highest BCUT2D eigenvalue weighted by atomic mass is 35.5. The molecule has 0 bridgehead atoms. The van der Waals surface area contributed by atoms with Gasteiger partial charge >= 0.3 is 0 Å². The van der Waals surface area contributed by atoms with Gasteiger partial charge in [0.05, 0.1) is 40.8 Å². The van der Waals surface area contributed by atoms with Gasteiger partial charge in [0.1, 0.15) is 11.6 Å². The van der Waals surface area contributed by atoms with E-state index in [0.29, 0.717) is 28.6 Å². The Morgan fingerprint density at radius 2 is 1.93 bits per heavy atom. The summed E-state index contributed by atoms with van der Waals surface area (Å²) >= 11 is 6.42. The van der Waals surface area contributed by atoms with E-state index >= 15 is 0 Å². The largest absolute Gasteiger partial charge is 0.497 e. The Morgan fingerprint density at radius 3 is 2.63 bits per heavy atom. The van der Waals surface area contributed by atoms with E-state index in [2.05, 4.69) is 55.4 Å². The number of rotatable bonds is 11. The molecule has 4 aromatic rings. The molecule has 41 heavy (non-hydrogen) atoms. The molecule has 7 nitrogen and oxygen atoms in total. The minimum atomic E-state index is 0.329. The highest BCUT2D eigenvalue weighted by molar-refractivity contribution is 6.33. The van der Waals surface area contributed by atoms with Gasteiger partial charge in [0.25, 0.3) is 0 Å². The highest BCUT2D eigenvalue weighted by Gasteiger charge is 2.30. The van der Waals surface area contributed by atoms with Crippen LogP contribution in [0.3, 0.4) is 0 Å². The molecule has 2 atom stereocenters. The fourth-order valence-corrected chi connectivity index (χ4v) is 6.22. The Kier molecular flexibility index (Phi) is 9.15. The second kappa shape index (κ2) is 13.0. The predicted molar refractivity (Wildman–Crippen MR) is 171 cm³/mol. The van der Waals surface area contributed by atoms with E-state index in [9.17, 15) is 0 Å². The first-order chi connectivity index (χ1) is 19.9. The van der Waals surface area contributed by atoms with Gasteiger partial charge in [0.15, 0.2) is 0 Å². The minimum absolute atomic E-state index is 0.329. The molecule has 1 aliphatic carbocycles. The van der Waals surface area contributed by atoms with Gasteiger partial charge < -0.3 is 20.7 Å². The molecule has 2 aromatic heterocycles. The zero-order valence-electron chi connectivity index (χ0n) is 24.5. The van der Waals surface area contributed by atoms with Gasteiger partial charge in [0, 0.05) is 23.8 Å². The normalized spacial score (nSPS) is 17.5. The number of para-hydroxylation sites is 1. The van der Waals surface area contributed by atoms with Crippen molar-refractivity contribution in [1.82, 2.24) is 14.5 Å². The van der Waals surface area contributed by atoms with Crippen LogP contribution in [-0.2, 0) is 0 Å². The van der Waals surface area contributed by atoms with Crippen LogP contribution in [0.25, 0.3) is 16.6 Å². The molecule has 1 aliphatic rings. The summed E-state index contributed by atoms with van der Waals surface area (Å²) in [6.07, 6.45) is 9.63. The molecule has 2 heterocycles. The second-order valence-corrected chi connectivity index (χ2v) is 11.4. The summed E-state index contributed by atoms with van der Waals surface area (Å²) in [6.45, 7) is 8.93. The number of amidine groups is 1. The molecule has 0 unspecified atom stereocenters. The summed E-state index contributed by atoms with van der Waals surface area (Å²) in [5, 5.41) is 9.21. The summed E-state index contributed by atoms with van der Waals surface area (Å²) in [6, 6.07) is 16.7. The number of halogens is 1. The number of ether oxygens (including phenoxy) is 1. The van der Waals surface area contributed by atoms with Gasteiger partial charge in [-0.25, -0.2) is 9.51 Å². The number of aromatic nitrogens is 2. The predicted octanol–water partition coefficient (Wildman–Crippen LogP) is 7.46. The lowest BCUT2D eigenvalue weighted by molar-refractivity contribution is 0.198. The van der Waals surface area contributed by atoms with E-state index < -0.39 is 0 Å². The van der Waals surface area contributed by atoms with Crippen molar-refractivity contribution in [3.05, 3.63) is 77.1 Å². The van der Waals surface area contributed by atoms with Gasteiger partial charge in [-0.15, -0.1) is 0 Å². The number of anilines is 1. The first-order valence-corrected chi connectivity index (χ1v) is 15.1. The average Bonchev–Trinajstić information content (AvgIpc) is 3.62. The Balaban J connectivity index is 1.55. The third-order valence-corrected chi connectivity index (χ3v) is 8.36. The summed E-state index contributed by atoms with van der Waals surface area (Å²) in [5.41, 5.74) is 13.4. The van der Waals surface area contributed by atoms with E-state index in [4.69, 9.17) is 32.2 Å². The zero-order chi connectivity index (χ0) is 28.9. The van der Waals surface area contributed by atoms with Crippen LogP contribution in [-0.4, -0.2) is 52.6 Å². The SMILES string of the molecule is CCCN(CCC)[C@H]1CC[C@@H](Nc2c(/C(N)=N/c3ccccc3Cl)cnn3cc(-c4ccc(OC)cc4C)cc23)C1. The van der Waals surface area contributed by atoms with Crippen molar-refractivity contribution in [3.8, 4) is 16.9 Å². The molecule has 1 fully saturated rings. The Morgan fingerprint density at radius 1 is 1.15 bits per heavy atom. The Bertz CT molecular complexity index is 1520. The third kappa shape index (κ3) is 6.36. The highest BCUT2D eigenvalue weighted by Crippen LogP contribution is 2.35. The summed E-state index contributed by atoms with van der Waals surface area (Å²) < 4.78 is 7.36. The van der Waals surface area contributed by atoms with Crippen molar-refractivity contribution in [3.63, 3.8) is 0 Å². The molecule has 5 rings (SSSR count). The standard InChI is InChI=1S/C33H41ClN6O/c1-5-15-39(16-6-2)25-12-11-24(19-25)37-32-28(33(35)38-30-10-8-7-9-29(30)34)20-36-40-21-23(18-31(32)40)27-14-13-26(41-4)17-22(27)3/h7-10,13-14,17-18,20-21,24-25,37H,5-6,11-12,15-16,19H2,1-4H3,(H2,35,38)/t24-,25+/m1/s1. The lowest BCUT2D eigenvalue weighted by atomic mass is 10.0. The first-order valence-electron chi connectivity index (χ1n) is 14.7. The van der Waals surface area contributed by atoms with Crippen molar-refractivity contribution in [2.75, 3.05) is 25.5 Å². The van der Waals surface area contributed by atoms with Crippen LogP contribution in [0.2, 0.25) is 5.02 Å². The van der Waals surface area contributed by atoms with Gasteiger partial charge in [-0.3, -0.25) is 0 Å². The molecule has 216 valence electrons. The fourth-order valence-electron chi connectivity index (χ4n) is 6.05. The van der Waals surface area contributed by atoms with Crippen LogP contribution in [0.1, 0.15) is 57.1 Å². The van der Waals surface area contributed by atoms with Crippen LogP contribution in [0.15, 0.2) is 65.9 Å². The lowest BCUT2D eigenvalue weighted by Gasteiger charge is -2.28. The van der Waals surface area contributed by atoms with E-state index in [1.54, 1.807) is 7.11 Å². The maximum Gasteiger partial charge on any atom is 0.135 e. The molecular weight excluding hydrogens is 532 g/mol. The van der Waals surface area contributed by atoms with Crippen molar-refractivity contribution < 1.29 is 4.74 Å². The molecule has 2 aromatic carbocycles. The maximum atomic E-state index is 6.67. The quantitative estimate of drug-likeness (QED) is 0.144. The third-order valence-electron chi connectivity index (χ3n) is 8.04. The number of fused-ring (bicyclic) bond motifs is 1. The number of hydrogen-bond acceptors (Lipinski definition) is 5. The summed E-state index contributed by atoms with van der Waals surface area (Å²) in [5.74, 6) is 1.23. The first kappa shape index (κ1) is 29.0. The number of methoxy groups -OCH3 is 1. The number of aryl methyl sites for hydroxylation is 1. The number of benzene rings is 2. The lowest BCUT2D eigenvalue weighted by Crippen LogP contribution is -2.35. The minimum Gasteiger partial charge on any atom is -0.497 e. The summed E-state index contributed by atoms with van der Waals surface area (Å²) in [4.78, 5) is 7.38. The van der Waals surface area contributed by atoms with E-state index in [0.717, 1.165) is 65.1 Å².